The third-order valence-corrected chi connectivity index (χ3v) is 5.19. The second-order valence-electron chi connectivity index (χ2n) is 6.85. The van der Waals surface area contributed by atoms with E-state index >= 15 is 0 Å². The molecule has 2 aliphatic rings. The first kappa shape index (κ1) is 20.1. The molecular weight excluding hydrogens is 375 g/mol. The van der Waals surface area contributed by atoms with Crippen LogP contribution < -0.4 is 4.90 Å². The van der Waals surface area contributed by atoms with Crippen molar-refractivity contribution in [3.63, 3.8) is 0 Å². The second-order valence-corrected chi connectivity index (χ2v) is 6.85. The lowest BCUT2D eigenvalue weighted by atomic mass is 9.96. The molecule has 10 heteroatoms. The summed E-state index contributed by atoms with van der Waals surface area (Å²) in [7, 11) is 0. The fraction of sp³-hybridized carbons (Fsp3) is 0.556. The van der Waals surface area contributed by atoms with E-state index in [2.05, 4.69) is 16.5 Å². The van der Waals surface area contributed by atoms with E-state index in [0.29, 0.717) is 32.0 Å². The van der Waals surface area contributed by atoms with Crippen LogP contribution in [0.25, 0.3) is 0 Å². The van der Waals surface area contributed by atoms with Crippen LogP contribution in [-0.4, -0.2) is 77.0 Å². The van der Waals surface area contributed by atoms with Gasteiger partial charge in [0.2, 0.25) is 5.91 Å². The van der Waals surface area contributed by atoms with Crippen molar-refractivity contribution in [2.24, 2.45) is 5.92 Å². The number of likely N-dealkylation sites (tertiary alicyclic amines) is 1. The van der Waals surface area contributed by atoms with Gasteiger partial charge >= 0.3 is 6.18 Å². The molecule has 0 aromatic carbocycles. The van der Waals surface area contributed by atoms with E-state index in [1.165, 1.54) is 23.4 Å². The van der Waals surface area contributed by atoms with Crippen LogP contribution in [0.15, 0.2) is 25.0 Å². The number of hydrogen-bond donors (Lipinski definition) is 0. The number of piperazine rings is 1. The number of carbonyl (C=O) groups excluding carboxylic acids is 2. The predicted octanol–water partition coefficient (Wildman–Crippen LogP) is 1.73. The largest absolute Gasteiger partial charge is 0.391 e. The number of amides is 2. The van der Waals surface area contributed by atoms with E-state index in [-0.39, 0.29) is 37.5 Å². The molecule has 0 radical (unpaired) electrons. The molecule has 1 aromatic heterocycles. The van der Waals surface area contributed by atoms with Gasteiger partial charge in [-0.3, -0.25) is 9.59 Å². The highest BCUT2D eigenvalue weighted by Crippen LogP contribution is 2.34. The molecule has 2 saturated heterocycles. The summed E-state index contributed by atoms with van der Waals surface area (Å²) in [5, 5.41) is 0. The van der Waals surface area contributed by atoms with E-state index in [1.807, 2.05) is 4.90 Å². The molecule has 2 aliphatic heterocycles. The molecule has 2 fully saturated rings. The Kier molecular flexibility index (Phi) is 5.85. The number of halogens is 3. The van der Waals surface area contributed by atoms with Gasteiger partial charge in [-0.05, 0) is 18.9 Å². The first-order valence-corrected chi connectivity index (χ1v) is 9.14. The molecule has 0 saturated carbocycles. The molecule has 0 unspecified atom stereocenters. The van der Waals surface area contributed by atoms with Gasteiger partial charge in [0.25, 0.3) is 5.91 Å². The average Bonchev–Trinajstić information content (AvgIpc) is 2.72. The highest BCUT2D eigenvalue weighted by atomic mass is 19.4. The highest BCUT2D eigenvalue weighted by Gasteiger charge is 2.42. The van der Waals surface area contributed by atoms with E-state index in [1.54, 1.807) is 4.90 Å². The molecule has 0 aliphatic carbocycles. The summed E-state index contributed by atoms with van der Waals surface area (Å²) in [6.45, 7) is 5.45. The van der Waals surface area contributed by atoms with Gasteiger partial charge < -0.3 is 14.7 Å². The molecule has 3 heterocycles. The maximum atomic E-state index is 12.9. The molecule has 7 nitrogen and oxygen atoms in total. The topological polar surface area (TPSA) is 69.6 Å². The van der Waals surface area contributed by atoms with Crippen molar-refractivity contribution >= 4 is 17.6 Å². The van der Waals surface area contributed by atoms with E-state index in [9.17, 15) is 22.8 Å². The molecule has 3 rings (SSSR count). The maximum Gasteiger partial charge on any atom is 0.391 e. The molecule has 152 valence electrons. The Bertz CT molecular complexity index is 739. The Labute approximate surface area is 160 Å². The number of nitrogens with zero attached hydrogens (tertiary/aromatic N) is 5. The van der Waals surface area contributed by atoms with Crippen molar-refractivity contribution in [2.45, 2.75) is 19.0 Å². The number of piperidine rings is 1. The Morgan fingerprint density at radius 3 is 2.18 bits per heavy atom. The summed E-state index contributed by atoms with van der Waals surface area (Å²) in [6.07, 6.45) is -0.298. The van der Waals surface area contributed by atoms with Gasteiger partial charge in [0.05, 0.1) is 5.92 Å². The van der Waals surface area contributed by atoms with Crippen molar-refractivity contribution in [3.05, 3.63) is 30.7 Å². The fourth-order valence-corrected chi connectivity index (χ4v) is 3.54. The Morgan fingerprint density at radius 2 is 1.61 bits per heavy atom. The first-order chi connectivity index (χ1) is 13.3. The summed E-state index contributed by atoms with van der Waals surface area (Å²) in [5.74, 6) is -1.53. The lowest BCUT2D eigenvalue weighted by Crippen LogP contribution is -2.49. The number of rotatable bonds is 3. The van der Waals surface area contributed by atoms with Gasteiger partial charge in [0.15, 0.2) is 11.5 Å². The summed E-state index contributed by atoms with van der Waals surface area (Å²) >= 11 is 0. The quantitative estimate of drug-likeness (QED) is 0.727. The van der Waals surface area contributed by atoms with Crippen LogP contribution in [0.2, 0.25) is 0 Å². The number of carbonyl (C=O) groups is 2. The van der Waals surface area contributed by atoms with Crippen LogP contribution in [0.4, 0.5) is 19.0 Å². The normalized spacial score (nSPS) is 18.9. The van der Waals surface area contributed by atoms with E-state index in [4.69, 9.17) is 0 Å². The van der Waals surface area contributed by atoms with Gasteiger partial charge in [-0.1, -0.05) is 6.58 Å². The molecule has 0 N–H and O–H groups in total. The minimum absolute atomic E-state index is 0.0423. The standard InChI is InChI=1S/C18H22F3N5O2/c1-2-14(27)24-9-11-25(12-10-24)16-15(22-5-6-23-16)17(28)26-7-3-13(4-8-26)18(19,20)21/h2,5-6,13H,1,3-4,7-12H2. The monoisotopic (exact) mass is 397 g/mol. The fourth-order valence-electron chi connectivity index (χ4n) is 3.54. The van der Waals surface area contributed by atoms with Crippen LogP contribution in [0.1, 0.15) is 23.3 Å². The minimum Gasteiger partial charge on any atom is -0.351 e. The van der Waals surface area contributed by atoms with Crippen molar-refractivity contribution < 1.29 is 22.8 Å². The average molecular weight is 397 g/mol. The number of anilines is 1. The number of hydrogen-bond acceptors (Lipinski definition) is 5. The van der Waals surface area contributed by atoms with Gasteiger partial charge in [0, 0.05) is 51.7 Å². The molecule has 0 spiro atoms. The maximum absolute atomic E-state index is 12.9. The summed E-state index contributed by atoms with van der Waals surface area (Å²) < 4.78 is 38.5. The smallest absolute Gasteiger partial charge is 0.351 e. The van der Waals surface area contributed by atoms with E-state index in [0.717, 1.165) is 0 Å². The zero-order valence-electron chi connectivity index (χ0n) is 15.4. The summed E-state index contributed by atoms with van der Waals surface area (Å²) in [5.41, 5.74) is 0.136. The molecule has 28 heavy (non-hydrogen) atoms. The van der Waals surface area contributed by atoms with Crippen molar-refractivity contribution in [2.75, 3.05) is 44.2 Å². The molecule has 0 bridgehead atoms. The Balaban J connectivity index is 1.68. The lowest BCUT2D eigenvalue weighted by Gasteiger charge is -2.36. The summed E-state index contributed by atoms with van der Waals surface area (Å²) in [6, 6.07) is 0. The third kappa shape index (κ3) is 4.26. The van der Waals surface area contributed by atoms with Crippen molar-refractivity contribution in [3.8, 4) is 0 Å². The lowest BCUT2D eigenvalue weighted by molar-refractivity contribution is -0.183. The highest BCUT2D eigenvalue weighted by molar-refractivity contribution is 5.97. The van der Waals surface area contributed by atoms with Crippen LogP contribution >= 0.6 is 0 Å². The molecule has 2 amide bonds. The van der Waals surface area contributed by atoms with Crippen LogP contribution in [0.5, 0.6) is 0 Å². The third-order valence-electron chi connectivity index (χ3n) is 5.19. The van der Waals surface area contributed by atoms with Gasteiger partial charge in [-0.15, -0.1) is 0 Å². The Morgan fingerprint density at radius 1 is 1.00 bits per heavy atom. The summed E-state index contributed by atoms with van der Waals surface area (Å²) in [4.78, 5) is 37.9. The first-order valence-electron chi connectivity index (χ1n) is 9.14. The van der Waals surface area contributed by atoms with Gasteiger partial charge in [-0.2, -0.15) is 13.2 Å². The van der Waals surface area contributed by atoms with Crippen molar-refractivity contribution in [1.29, 1.82) is 0 Å². The zero-order valence-corrected chi connectivity index (χ0v) is 15.4. The second kappa shape index (κ2) is 8.15. The molecule has 1 aromatic rings. The van der Waals surface area contributed by atoms with Crippen LogP contribution in [0, 0.1) is 5.92 Å². The number of aromatic nitrogens is 2. The molecule has 0 atom stereocenters. The SMILES string of the molecule is C=CC(=O)N1CCN(c2nccnc2C(=O)N2CCC(C(F)(F)F)CC2)CC1. The van der Waals surface area contributed by atoms with Gasteiger partial charge in [-0.25, -0.2) is 9.97 Å². The van der Waals surface area contributed by atoms with Crippen LogP contribution in [-0.2, 0) is 4.79 Å². The predicted molar refractivity (Wildman–Crippen MR) is 95.7 cm³/mol. The van der Waals surface area contributed by atoms with E-state index < -0.39 is 18.0 Å². The van der Waals surface area contributed by atoms with Gasteiger partial charge in [0.1, 0.15) is 0 Å². The number of alkyl halides is 3. The minimum atomic E-state index is -4.23. The Hall–Kier alpha value is -2.65. The van der Waals surface area contributed by atoms with Crippen LogP contribution in [0.3, 0.4) is 0 Å². The molecular formula is C18H22F3N5O2. The van der Waals surface area contributed by atoms with Crippen molar-refractivity contribution in [1.82, 2.24) is 19.8 Å². The zero-order chi connectivity index (χ0) is 20.3.